The number of amides is 4. The number of benzene rings is 1. The van der Waals surface area contributed by atoms with E-state index in [2.05, 4.69) is 17.2 Å². The van der Waals surface area contributed by atoms with Crippen LogP contribution in [0.3, 0.4) is 0 Å². The maximum Gasteiger partial charge on any atom is 0.412 e. The molecule has 1 saturated heterocycles. The summed E-state index contributed by atoms with van der Waals surface area (Å²) >= 11 is 0. The van der Waals surface area contributed by atoms with Crippen molar-refractivity contribution in [2.75, 3.05) is 13.1 Å². The van der Waals surface area contributed by atoms with Gasteiger partial charge in [-0.15, -0.1) is 6.58 Å². The molecule has 3 fully saturated rings. The van der Waals surface area contributed by atoms with E-state index in [-0.39, 0.29) is 32.5 Å². The fourth-order valence-electron chi connectivity index (χ4n) is 6.87. The van der Waals surface area contributed by atoms with Crippen LogP contribution in [0.15, 0.2) is 36.9 Å². The third-order valence-electron chi connectivity index (χ3n) is 9.91. The highest BCUT2D eigenvalue weighted by molar-refractivity contribution is 7.91. The zero-order valence-corrected chi connectivity index (χ0v) is 27.7. The molecule has 3 aliphatic heterocycles. The molecule has 1 unspecified atom stereocenters. The number of nitrogens with one attached hydrogen (secondary N) is 3. The van der Waals surface area contributed by atoms with E-state index in [4.69, 9.17) is 4.74 Å². The predicted octanol–water partition coefficient (Wildman–Crippen LogP) is 2.89. The maximum absolute atomic E-state index is 14.3. The van der Waals surface area contributed by atoms with Crippen LogP contribution in [0.5, 0.6) is 0 Å². The molecule has 5 aliphatic rings. The van der Waals surface area contributed by atoms with Crippen LogP contribution < -0.4 is 15.4 Å². The number of carbonyl (C=O) groups is 4. The molecule has 2 aliphatic carbocycles. The quantitative estimate of drug-likeness (QED) is 0.382. The van der Waals surface area contributed by atoms with Gasteiger partial charge in [0, 0.05) is 18.9 Å². The van der Waals surface area contributed by atoms with E-state index in [0.29, 0.717) is 32.1 Å². The van der Waals surface area contributed by atoms with Crippen LogP contribution >= 0.6 is 0 Å². The van der Waals surface area contributed by atoms with E-state index in [0.717, 1.165) is 28.0 Å². The third kappa shape index (κ3) is 7.35. The zero-order chi connectivity index (χ0) is 35.1. The fourth-order valence-corrected chi connectivity index (χ4v) is 8.24. The number of nitrogens with zero attached hydrogens (tertiary/aromatic N) is 2. The van der Waals surface area contributed by atoms with Crippen LogP contribution in [0, 0.1) is 5.92 Å². The number of halogens is 3. The van der Waals surface area contributed by atoms with Gasteiger partial charge in [0.25, 0.3) is 5.91 Å². The summed E-state index contributed by atoms with van der Waals surface area (Å²) in [4.78, 5) is 56.3. The van der Waals surface area contributed by atoms with Crippen LogP contribution in [0.2, 0.25) is 0 Å². The molecular formula is C33H40F3N5O7S. The van der Waals surface area contributed by atoms with E-state index in [1.54, 1.807) is 0 Å². The van der Waals surface area contributed by atoms with E-state index in [9.17, 15) is 40.8 Å². The number of sulfonamides is 1. The number of alkyl halides is 3. The minimum atomic E-state index is -5.00. The largest absolute Gasteiger partial charge is 0.444 e. The van der Waals surface area contributed by atoms with Crippen molar-refractivity contribution in [2.24, 2.45) is 5.92 Å². The van der Waals surface area contributed by atoms with Crippen LogP contribution in [0.25, 0.3) is 6.08 Å². The summed E-state index contributed by atoms with van der Waals surface area (Å²) in [5, 5.41) is 4.13. The number of carbonyl (C=O) groups excluding carboxylic acids is 4. The minimum absolute atomic E-state index is 0.00671. The van der Waals surface area contributed by atoms with Gasteiger partial charge >= 0.3 is 12.3 Å². The Morgan fingerprint density at radius 2 is 1.90 bits per heavy atom. The molecule has 0 radical (unpaired) electrons. The predicted molar refractivity (Wildman–Crippen MR) is 171 cm³/mol. The lowest BCUT2D eigenvalue weighted by Gasteiger charge is -2.30. The first-order valence-corrected chi connectivity index (χ1v) is 18.1. The Bertz CT molecular complexity index is 1660. The molecule has 5 atom stereocenters. The van der Waals surface area contributed by atoms with E-state index < -0.39 is 81.5 Å². The molecule has 1 aromatic rings. The second-order valence-electron chi connectivity index (χ2n) is 13.5. The highest BCUT2D eigenvalue weighted by Gasteiger charge is 2.62. The van der Waals surface area contributed by atoms with Crippen molar-refractivity contribution < 1.29 is 45.5 Å². The van der Waals surface area contributed by atoms with E-state index in [1.807, 2.05) is 35.1 Å². The summed E-state index contributed by atoms with van der Waals surface area (Å²) in [5.74, 6) is -4.03. The van der Waals surface area contributed by atoms with Gasteiger partial charge in [-0.1, -0.05) is 42.8 Å². The minimum Gasteiger partial charge on any atom is -0.444 e. The molecule has 0 aromatic heterocycles. The van der Waals surface area contributed by atoms with Crippen molar-refractivity contribution in [1.82, 2.24) is 25.2 Å². The molecule has 1 aromatic carbocycles. The Balaban J connectivity index is 1.25. The van der Waals surface area contributed by atoms with Gasteiger partial charge in [0.2, 0.25) is 21.8 Å². The van der Waals surface area contributed by atoms with Gasteiger partial charge < -0.3 is 15.0 Å². The Hall–Kier alpha value is -3.92. The van der Waals surface area contributed by atoms with Crippen LogP contribution in [0.1, 0.15) is 68.1 Å². The molecule has 4 amide bonds. The first kappa shape index (κ1) is 34.9. The summed E-state index contributed by atoms with van der Waals surface area (Å²) in [6.45, 7) is 3.55. The maximum atomic E-state index is 14.3. The average Bonchev–Trinajstić information content (AvgIpc) is 3.93. The van der Waals surface area contributed by atoms with Crippen molar-refractivity contribution in [3.63, 3.8) is 0 Å². The molecule has 3 N–H and O–H groups in total. The van der Waals surface area contributed by atoms with E-state index >= 15 is 0 Å². The standard InChI is InChI=1S/C33H40F3N5O7S/c1-2-22-16-32(22,30(44)39-49(46,47)24-12-13-24)38-28(42)26-15-23-18-41(26)29(43)27(33(34,35)36)37-14-7-5-3-4-6-9-20-10-8-11-21-17-40(19-25(20)21)31(45)48-23/h2,6,8-11,22-24,26-27,37H,1,3-5,7,12-19H2,(H,38,42)(H,39,44)/t22-,23-,26+,27?,32-/m1/s1. The van der Waals surface area contributed by atoms with Crippen molar-refractivity contribution in [3.05, 3.63) is 53.6 Å². The second kappa shape index (κ2) is 13.4. The van der Waals surface area contributed by atoms with Crippen molar-refractivity contribution in [1.29, 1.82) is 0 Å². The third-order valence-corrected chi connectivity index (χ3v) is 11.7. The van der Waals surface area contributed by atoms with Gasteiger partial charge in [-0.25, -0.2) is 13.2 Å². The highest BCUT2D eigenvalue weighted by Crippen LogP contribution is 2.45. The molecule has 12 nitrogen and oxygen atoms in total. The van der Waals surface area contributed by atoms with Crippen LogP contribution in [-0.2, 0) is 42.2 Å². The normalized spacial score (nSPS) is 29.4. The molecule has 6 rings (SSSR count). The lowest BCUT2D eigenvalue weighted by atomic mass is 10.0. The average molecular weight is 708 g/mol. The highest BCUT2D eigenvalue weighted by atomic mass is 32.2. The monoisotopic (exact) mass is 707 g/mol. The van der Waals surface area contributed by atoms with Gasteiger partial charge in [0.1, 0.15) is 17.7 Å². The summed E-state index contributed by atoms with van der Waals surface area (Å²) < 4.78 is 75.8. The smallest absolute Gasteiger partial charge is 0.412 e. The Labute approximate surface area is 282 Å². The molecule has 266 valence electrons. The fraction of sp³-hybridized carbons (Fsp3) is 0.576. The first-order chi connectivity index (χ1) is 23.2. The van der Waals surface area contributed by atoms with Crippen molar-refractivity contribution in [2.45, 2.75) is 99.6 Å². The van der Waals surface area contributed by atoms with Gasteiger partial charge in [0.15, 0.2) is 6.04 Å². The van der Waals surface area contributed by atoms with Crippen LogP contribution in [0.4, 0.5) is 18.0 Å². The van der Waals surface area contributed by atoms with Crippen molar-refractivity contribution in [3.8, 4) is 0 Å². The zero-order valence-electron chi connectivity index (χ0n) is 26.8. The first-order valence-electron chi connectivity index (χ1n) is 16.6. The molecular weight excluding hydrogens is 667 g/mol. The molecule has 2 saturated carbocycles. The summed E-state index contributed by atoms with van der Waals surface area (Å²) in [7, 11) is -3.98. The molecule has 3 heterocycles. The topological polar surface area (TPSA) is 154 Å². The van der Waals surface area contributed by atoms with Crippen LogP contribution in [-0.4, -0.2) is 90.3 Å². The second-order valence-corrected chi connectivity index (χ2v) is 15.4. The van der Waals surface area contributed by atoms with Gasteiger partial charge in [-0.2, -0.15) is 13.2 Å². The summed E-state index contributed by atoms with van der Waals surface area (Å²) in [5.41, 5.74) is 1.13. The van der Waals surface area contributed by atoms with Gasteiger partial charge in [0.05, 0.1) is 18.3 Å². The van der Waals surface area contributed by atoms with Gasteiger partial charge in [-0.05, 0) is 61.8 Å². The lowest BCUT2D eigenvalue weighted by molar-refractivity contribution is -0.177. The SMILES string of the molecule is C=C[C@@H]1C[C@]1(NC(=O)[C@@H]1C[C@@H]2CN1C(=O)C(C(F)(F)F)NCCCCCC=Cc1cccc3c1CN(C3)C(=O)O2)C(=O)NS(=O)(=O)C1CC1. The molecule has 4 bridgehead atoms. The van der Waals surface area contributed by atoms with E-state index in [1.165, 1.54) is 11.0 Å². The Morgan fingerprint density at radius 1 is 1.12 bits per heavy atom. The van der Waals surface area contributed by atoms with Crippen molar-refractivity contribution >= 4 is 39.9 Å². The van der Waals surface area contributed by atoms with Gasteiger partial charge in [-0.3, -0.25) is 29.3 Å². The molecule has 0 spiro atoms. The number of hydrogen-bond donors (Lipinski definition) is 3. The Morgan fingerprint density at radius 3 is 2.59 bits per heavy atom. The number of rotatable bonds is 6. The number of allylic oxidation sites excluding steroid dienone is 1. The number of fused-ring (bicyclic) bond motifs is 3. The number of ether oxygens (including phenoxy) is 1. The molecule has 16 heteroatoms. The summed E-state index contributed by atoms with van der Waals surface area (Å²) in [6, 6.07) is 1.57. The lowest BCUT2D eigenvalue weighted by Crippen LogP contribution is -2.60. The summed E-state index contributed by atoms with van der Waals surface area (Å²) in [6.07, 6.45) is 1.31. The molecule has 49 heavy (non-hydrogen) atoms. The Kier molecular flexibility index (Phi) is 9.56. The number of hydrogen-bond acceptors (Lipinski definition) is 8.